The van der Waals surface area contributed by atoms with E-state index in [0.29, 0.717) is 31.4 Å². The van der Waals surface area contributed by atoms with E-state index >= 15 is 0 Å². The molecule has 2 atom stereocenters. The average molecular weight is 367 g/mol. The molecule has 4 nitrogen and oxygen atoms in total. The highest BCUT2D eigenvalue weighted by Crippen LogP contribution is 2.39. The van der Waals surface area contributed by atoms with Crippen LogP contribution in [0.2, 0.25) is 0 Å². The van der Waals surface area contributed by atoms with Gasteiger partial charge >= 0.3 is 5.51 Å². The molecule has 24 heavy (non-hydrogen) atoms. The van der Waals surface area contributed by atoms with Crippen LogP contribution in [0.1, 0.15) is 25.7 Å². The van der Waals surface area contributed by atoms with E-state index in [1.54, 1.807) is 0 Å². The molecule has 0 amide bonds. The minimum atomic E-state index is -5.63. The van der Waals surface area contributed by atoms with E-state index in [1.807, 2.05) is 0 Å². The second-order valence-electron chi connectivity index (χ2n) is 6.20. The van der Waals surface area contributed by atoms with Crippen molar-refractivity contribution in [3.05, 3.63) is 24.0 Å². The molecule has 1 heterocycles. The first-order chi connectivity index (χ1) is 11.2. The van der Waals surface area contributed by atoms with E-state index in [0.717, 1.165) is 25.0 Å². The molecule has 2 unspecified atom stereocenters. The van der Waals surface area contributed by atoms with Crippen LogP contribution in [-0.4, -0.2) is 32.7 Å². The molecule has 2 fully saturated rings. The Kier molecular flexibility index (Phi) is 4.50. The van der Waals surface area contributed by atoms with Gasteiger partial charge in [0, 0.05) is 12.6 Å². The van der Waals surface area contributed by atoms with Gasteiger partial charge in [0.2, 0.25) is 0 Å². The fourth-order valence-corrected chi connectivity index (χ4v) is 3.87. The minimum Gasteiger partial charge on any atom is -0.381 e. The SMILES string of the molecule is O=S(=O)(c1cc(F)ccc1NC1CCOC(C2CC2)C1)C(F)(F)F. The van der Waals surface area contributed by atoms with Gasteiger partial charge < -0.3 is 10.1 Å². The third kappa shape index (κ3) is 3.51. The zero-order valence-electron chi connectivity index (χ0n) is 12.6. The molecule has 1 aliphatic heterocycles. The van der Waals surface area contributed by atoms with Crippen LogP contribution in [0.15, 0.2) is 23.1 Å². The average Bonchev–Trinajstić information content (AvgIpc) is 3.33. The standard InChI is InChI=1S/C15H17F4NO3S/c16-10-3-4-12(14(7-10)24(21,22)15(17,18)19)20-11-5-6-23-13(8-11)9-1-2-9/h3-4,7,9,11,13,20H,1-2,5-6,8H2. The smallest absolute Gasteiger partial charge is 0.381 e. The van der Waals surface area contributed by atoms with E-state index in [2.05, 4.69) is 5.32 Å². The molecule has 2 aliphatic rings. The van der Waals surface area contributed by atoms with Gasteiger partial charge in [-0.1, -0.05) is 0 Å². The molecule has 1 N–H and O–H groups in total. The second-order valence-corrected chi connectivity index (χ2v) is 8.11. The number of hydrogen-bond donors (Lipinski definition) is 1. The van der Waals surface area contributed by atoms with Gasteiger partial charge in [-0.2, -0.15) is 13.2 Å². The van der Waals surface area contributed by atoms with Crippen molar-refractivity contribution < 1.29 is 30.7 Å². The lowest BCUT2D eigenvalue weighted by Gasteiger charge is -2.31. The minimum absolute atomic E-state index is 0.0411. The molecule has 0 bridgehead atoms. The van der Waals surface area contributed by atoms with Gasteiger partial charge in [0.1, 0.15) is 10.7 Å². The number of halogens is 4. The maximum atomic E-state index is 13.3. The first kappa shape index (κ1) is 17.5. The van der Waals surface area contributed by atoms with Crippen molar-refractivity contribution in [2.45, 2.75) is 48.2 Å². The Hall–Kier alpha value is -1.35. The predicted molar refractivity (Wildman–Crippen MR) is 78.7 cm³/mol. The highest BCUT2D eigenvalue weighted by Gasteiger charge is 2.48. The number of alkyl halides is 3. The Bertz CT molecular complexity index is 716. The molecule has 0 aromatic heterocycles. The Morgan fingerprint density at radius 3 is 2.50 bits per heavy atom. The molecular weight excluding hydrogens is 350 g/mol. The summed E-state index contributed by atoms with van der Waals surface area (Å²) >= 11 is 0. The molecule has 0 spiro atoms. The summed E-state index contributed by atoms with van der Waals surface area (Å²) in [4.78, 5) is -1.08. The number of ether oxygens (including phenoxy) is 1. The Morgan fingerprint density at radius 1 is 1.17 bits per heavy atom. The third-order valence-corrected chi connectivity index (χ3v) is 5.89. The van der Waals surface area contributed by atoms with E-state index in [4.69, 9.17) is 4.74 Å². The van der Waals surface area contributed by atoms with Gasteiger partial charge in [-0.25, -0.2) is 12.8 Å². The van der Waals surface area contributed by atoms with Gasteiger partial charge in [0.05, 0.1) is 11.8 Å². The van der Waals surface area contributed by atoms with E-state index in [1.165, 1.54) is 0 Å². The Morgan fingerprint density at radius 2 is 1.88 bits per heavy atom. The van der Waals surface area contributed by atoms with Crippen molar-refractivity contribution in [3.8, 4) is 0 Å². The largest absolute Gasteiger partial charge is 0.501 e. The lowest BCUT2D eigenvalue weighted by molar-refractivity contribution is -0.0435. The summed E-state index contributed by atoms with van der Waals surface area (Å²) in [5.41, 5.74) is -5.71. The number of benzene rings is 1. The fourth-order valence-electron chi connectivity index (χ4n) is 2.94. The van der Waals surface area contributed by atoms with Crippen molar-refractivity contribution in [2.24, 2.45) is 5.92 Å². The van der Waals surface area contributed by atoms with Gasteiger partial charge in [-0.3, -0.25) is 0 Å². The highest BCUT2D eigenvalue weighted by atomic mass is 32.2. The third-order valence-electron chi connectivity index (χ3n) is 4.36. The fraction of sp³-hybridized carbons (Fsp3) is 0.600. The molecule has 9 heteroatoms. The molecule has 134 valence electrons. The van der Waals surface area contributed by atoms with Crippen molar-refractivity contribution >= 4 is 15.5 Å². The summed E-state index contributed by atoms with van der Waals surface area (Å²) < 4.78 is 80.9. The number of nitrogens with one attached hydrogen (secondary N) is 1. The summed E-state index contributed by atoms with van der Waals surface area (Å²) in [5, 5.41) is 2.84. The quantitative estimate of drug-likeness (QED) is 0.828. The molecule has 1 saturated carbocycles. The van der Waals surface area contributed by atoms with Crippen LogP contribution in [0.5, 0.6) is 0 Å². The Labute approximate surface area is 137 Å². The predicted octanol–water partition coefficient (Wildman–Crippen LogP) is 3.49. The van der Waals surface area contributed by atoms with Crippen molar-refractivity contribution in [1.29, 1.82) is 0 Å². The number of sulfone groups is 1. The van der Waals surface area contributed by atoms with Crippen LogP contribution in [0, 0.1) is 11.7 Å². The molecule has 1 saturated heterocycles. The molecule has 3 rings (SSSR count). The summed E-state index contributed by atoms with van der Waals surface area (Å²) in [6.07, 6.45) is 3.32. The van der Waals surface area contributed by atoms with Crippen molar-refractivity contribution in [3.63, 3.8) is 0 Å². The molecule has 1 aliphatic carbocycles. The van der Waals surface area contributed by atoms with E-state index in [9.17, 15) is 26.0 Å². The normalized spacial score (nSPS) is 25.5. The molecule has 0 radical (unpaired) electrons. The summed E-state index contributed by atoms with van der Waals surface area (Å²) in [7, 11) is -5.63. The summed E-state index contributed by atoms with van der Waals surface area (Å²) in [5.74, 6) is -0.563. The number of anilines is 1. The van der Waals surface area contributed by atoms with E-state index in [-0.39, 0.29) is 17.8 Å². The van der Waals surface area contributed by atoms with Crippen LogP contribution in [0.4, 0.5) is 23.2 Å². The van der Waals surface area contributed by atoms with Crippen molar-refractivity contribution in [2.75, 3.05) is 11.9 Å². The first-order valence-electron chi connectivity index (χ1n) is 7.67. The van der Waals surface area contributed by atoms with Crippen LogP contribution >= 0.6 is 0 Å². The number of hydrogen-bond acceptors (Lipinski definition) is 4. The van der Waals surface area contributed by atoms with Gasteiger partial charge in [0.15, 0.2) is 0 Å². The van der Waals surface area contributed by atoms with Crippen LogP contribution < -0.4 is 5.32 Å². The first-order valence-corrected chi connectivity index (χ1v) is 9.16. The highest BCUT2D eigenvalue weighted by molar-refractivity contribution is 7.92. The lowest BCUT2D eigenvalue weighted by atomic mass is 10.00. The van der Waals surface area contributed by atoms with Crippen molar-refractivity contribution in [1.82, 2.24) is 0 Å². The topological polar surface area (TPSA) is 55.4 Å². The van der Waals surface area contributed by atoms with Gasteiger partial charge in [-0.05, 0) is 49.8 Å². The molecule has 1 aromatic rings. The molecular formula is C15H17F4NO3S. The van der Waals surface area contributed by atoms with Crippen LogP contribution in [-0.2, 0) is 14.6 Å². The summed E-state index contributed by atoms with van der Waals surface area (Å²) in [6.45, 7) is 0.460. The summed E-state index contributed by atoms with van der Waals surface area (Å²) in [6, 6.07) is 2.17. The van der Waals surface area contributed by atoms with E-state index < -0.39 is 26.1 Å². The van der Waals surface area contributed by atoms with Gasteiger partial charge in [0.25, 0.3) is 9.84 Å². The number of rotatable bonds is 4. The molecule has 1 aromatic carbocycles. The van der Waals surface area contributed by atoms with Crippen LogP contribution in [0.25, 0.3) is 0 Å². The van der Waals surface area contributed by atoms with Gasteiger partial charge in [-0.15, -0.1) is 0 Å². The zero-order chi connectivity index (χ0) is 17.5. The second kappa shape index (κ2) is 6.18. The van der Waals surface area contributed by atoms with Crippen LogP contribution in [0.3, 0.4) is 0 Å². The maximum Gasteiger partial charge on any atom is 0.501 e. The lowest BCUT2D eigenvalue weighted by Crippen LogP contribution is -2.35. The monoisotopic (exact) mass is 367 g/mol. The zero-order valence-corrected chi connectivity index (χ0v) is 13.5. The Balaban J connectivity index is 1.85. The maximum absolute atomic E-state index is 13.3.